The first-order chi connectivity index (χ1) is 16.0. The van der Waals surface area contributed by atoms with Crippen LogP contribution in [0.4, 0.5) is 5.82 Å². The second kappa shape index (κ2) is 9.17. The number of aliphatic hydroxyl groups excluding tert-OH is 1. The molecule has 4 heterocycles. The van der Waals surface area contributed by atoms with E-state index in [4.69, 9.17) is 27.9 Å². The molecule has 1 aliphatic heterocycles. The number of halogens is 2. The van der Waals surface area contributed by atoms with E-state index in [9.17, 15) is 5.11 Å². The number of fused-ring (bicyclic) bond motifs is 1. The third-order valence-electron chi connectivity index (χ3n) is 6.05. The SMILES string of the molecule is CC(Oc1ccc2[nH]nc(-c3ccc(N4CCC[C@@H]4CO)nc3)c2c1)c1c(Cl)cncc1Cl. The van der Waals surface area contributed by atoms with Crippen molar-refractivity contribution in [3.63, 3.8) is 0 Å². The lowest BCUT2D eigenvalue weighted by Gasteiger charge is -2.24. The molecule has 2 N–H and O–H groups in total. The Hall–Kier alpha value is -2.87. The summed E-state index contributed by atoms with van der Waals surface area (Å²) in [4.78, 5) is 10.8. The molecule has 1 aromatic carbocycles. The van der Waals surface area contributed by atoms with Crippen LogP contribution in [0.3, 0.4) is 0 Å². The van der Waals surface area contributed by atoms with Crippen LogP contribution in [0.1, 0.15) is 31.4 Å². The number of hydrogen-bond donors (Lipinski definition) is 2. The van der Waals surface area contributed by atoms with Gasteiger partial charge < -0.3 is 14.7 Å². The van der Waals surface area contributed by atoms with Crippen molar-refractivity contribution in [2.24, 2.45) is 0 Å². The van der Waals surface area contributed by atoms with Gasteiger partial charge in [-0.25, -0.2) is 4.98 Å². The van der Waals surface area contributed by atoms with Crippen LogP contribution >= 0.6 is 23.2 Å². The largest absolute Gasteiger partial charge is 0.486 e. The first-order valence-corrected chi connectivity index (χ1v) is 11.6. The summed E-state index contributed by atoms with van der Waals surface area (Å²) in [5.41, 5.74) is 3.29. The Morgan fingerprint density at radius 1 is 1.18 bits per heavy atom. The van der Waals surface area contributed by atoms with Gasteiger partial charge in [0.25, 0.3) is 0 Å². The minimum atomic E-state index is -0.360. The molecule has 9 heteroatoms. The molecule has 2 atom stereocenters. The van der Waals surface area contributed by atoms with Crippen molar-refractivity contribution in [2.75, 3.05) is 18.1 Å². The van der Waals surface area contributed by atoms with E-state index >= 15 is 0 Å². The second-order valence-electron chi connectivity index (χ2n) is 8.13. The fourth-order valence-electron chi connectivity index (χ4n) is 4.38. The number of rotatable bonds is 6. The molecule has 0 saturated carbocycles. The molecule has 1 unspecified atom stereocenters. The van der Waals surface area contributed by atoms with Gasteiger partial charge in [-0.15, -0.1) is 0 Å². The molecule has 0 spiro atoms. The van der Waals surface area contributed by atoms with Gasteiger partial charge in [-0.1, -0.05) is 23.2 Å². The quantitative estimate of drug-likeness (QED) is 0.380. The van der Waals surface area contributed by atoms with Crippen molar-refractivity contribution < 1.29 is 9.84 Å². The fraction of sp³-hybridized carbons (Fsp3) is 0.292. The number of aliphatic hydroxyl groups is 1. The Balaban J connectivity index is 1.42. The Bertz CT molecular complexity index is 1260. The number of aromatic nitrogens is 4. The number of benzene rings is 1. The van der Waals surface area contributed by atoms with Crippen LogP contribution in [0.5, 0.6) is 5.75 Å². The first kappa shape index (κ1) is 21.9. The highest BCUT2D eigenvalue weighted by Crippen LogP contribution is 2.35. The molecular weight excluding hydrogens is 461 g/mol. The zero-order chi connectivity index (χ0) is 22.9. The van der Waals surface area contributed by atoms with E-state index in [-0.39, 0.29) is 18.8 Å². The van der Waals surface area contributed by atoms with Gasteiger partial charge in [-0.05, 0) is 50.1 Å². The molecular formula is C24H23Cl2N5O2. The topological polar surface area (TPSA) is 87.2 Å². The smallest absolute Gasteiger partial charge is 0.128 e. The first-order valence-electron chi connectivity index (χ1n) is 10.8. The minimum Gasteiger partial charge on any atom is -0.486 e. The maximum absolute atomic E-state index is 9.60. The van der Waals surface area contributed by atoms with Crippen LogP contribution < -0.4 is 9.64 Å². The number of pyridine rings is 2. The van der Waals surface area contributed by atoms with E-state index in [0.717, 1.165) is 47.4 Å². The zero-order valence-corrected chi connectivity index (χ0v) is 19.5. The van der Waals surface area contributed by atoms with Crippen LogP contribution in [0.15, 0.2) is 48.9 Å². The number of nitrogens with one attached hydrogen (secondary N) is 1. The Labute approximate surface area is 201 Å². The molecule has 7 nitrogen and oxygen atoms in total. The summed E-state index contributed by atoms with van der Waals surface area (Å²) in [6.45, 7) is 2.95. The van der Waals surface area contributed by atoms with E-state index in [1.807, 2.05) is 43.5 Å². The monoisotopic (exact) mass is 483 g/mol. The van der Waals surface area contributed by atoms with Gasteiger partial charge in [0.1, 0.15) is 23.4 Å². The van der Waals surface area contributed by atoms with Crippen molar-refractivity contribution in [3.05, 3.63) is 64.5 Å². The van der Waals surface area contributed by atoms with Crippen molar-refractivity contribution in [2.45, 2.75) is 31.9 Å². The molecule has 0 bridgehead atoms. The second-order valence-corrected chi connectivity index (χ2v) is 8.95. The maximum Gasteiger partial charge on any atom is 0.128 e. The molecule has 1 saturated heterocycles. The lowest BCUT2D eigenvalue weighted by Crippen LogP contribution is -2.32. The van der Waals surface area contributed by atoms with Crippen LogP contribution in [0, 0.1) is 0 Å². The van der Waals surface area contributed by atoms with E-state index < -0.39 is 0 Å². The van der Waals surface area contributed by atoms with Gasteiger partial charge in [0.05, 0.1) is 28.2 Å². The lowest BCUT2D eigenvalue weighted by molar-refractivity contribution is 0.227. The van der Waals surface area contributed by atoms with Gasteiger partial charge in [0, 0.05) is 41.6 Å². The van der Waals surface area contributed by atoms with Crippen LogP contribution in [-0.4, -0.2) is 44.5 Å². The standard InChI is InChI=1S/C24H23Cl2N5O2/c1-14(23-19(25)11-27-12-20(23)26)33-17-5-6-21-18(9-17)24(30-29-21)15-4-7-22(28-10-15)31-8-2-3-16(31)13-32/h4-7,9-12,14,16,32H,2-3,8,13H2,1H3,(H,29,30)/t14?,16-/m1/s1. The number of aromatic amines is 1. The molecule has 1 fully saturated rings. The molecule has 0 aliphatic carbocycles. The fourth-order valence-corrected chi connectivity index (χ4v) is 5.05. The van der Waals surface area contributed by atoms with E-state index in [0.29, 0.717) is 21.4 Å². The normalized spacial score (nSPS) is 17.0. The van der Waals surface area contributed by atoms with Gasteiger partial charge in [0.15, 0.2) is 0 Å². The third kappa shape index (κ3) is 4.24. The Kier molecular flexibility index (Phi) is 6.10. The van der Waals surface area contributed by atoms with Crippen LogP contribution in [0.2, 0.25) is 10.0 Å². The van der Waals surface area contributed by atoms with E-state index in [2.05, 4.69) is 25.1 Å². The zero-order valence-electron chi connectivity index (χ0n) is 18.0. The summed E-state index contributed by atoms with van der Waals surface area (Å²) in [7, 11) is 0. The van der Waals surface area contributed by atoms with E-state index in [1.165, 1.54) is 0 Å². The average molecular weight is 484 g/mol. The average Bonchev–Trinajstić information content (AvgIpc) is 3.46. The van der Waals surface area contributed by atoms with Crippen molar-refractivity contribution in [3.8, 4) is 17.0 Å². The minimum absolute atomic E-state index is 0.138. The molecule has 170 valence electrons. The molecule has 3 aromatic heterocycles. The molecule has 33 heavy (non-hydrogen) atoms. The molecule has 0 radical (unpaired) electrons. The van der Waals surface area contributed by atoms with E-state index in [1.54, 1.807) is 12.4 Å². The Morgan fingerprint density at radius 2 is 2.00 bits per heavy atom. The summed E-state index contributed by atoms with van der Waals surface area (Å²) in [6, 6.07) is 9.90. The number of nitrogens with zero attached hydrogens (tertiary/aromatic N) is 4. The van der Waals surface area contributed by atoms with Crippen LogP contribution in [0.25, 0.3) is 22.2 Å². The molecule has 4 aromatic rings. The summed E-state index contributed by atoms with van der Waals surface area (Å²) < 4.78 is 6.16. The number of H-pyrrole nitrogens is 1. The van der Waals surface area contributed by atoms with Gasteiger partial charge in [-0.2, -0.15) is 5.10 Å². The highest BCUT2D eigenvalue weighted by Gasteiger charge is 2.25. The summed E-state index contributed by atoms with van der Waals surface area (Å²) in [5, 5.41) is 19.0. The van der Waals surface area contributed by atoms with Crippen LogP contribution in [-0.2, 0) is 0 Å². The predicted molar refractivity (Wildman–Crippen MR) is 130 cm³/mol. The number of ether oxygens (including phenoxy) is 1. The molecule has 1 aliphatic rings. The van der Waals surface area contributed by atoms with Gasteiger partial charge >= 0.3 is 0 Å². The van der Waals surface area contributed by atoms with Crippen molar-refractivity contribution >= 4 is 39.9 Å². The number of anilines is 1. The third-order valence-corrected chi connectivity index (χ3v) is 6.65. The lowest BCUT2D eigenvalue weighted by atomic mass is 10.1. The highest BCUT2D eigenvalue weighted by atomic mass is 35.5. The van der Waals surface area contributed by atoms with Gasteiger partial charge in [-0.3, -0.25) is 10.1 Å². The van der Waals surface area contributed by atoms with Crippen molar-refractivity contribution in [1.29, 1.82) is 0 Å². The summed E-state index contributed by atoms with van der Waals surface area (Å²) in [5.74, 6) is 1.55. The molecule has 0 amide bonds. The maximum atomic E-state index is 9.60. The van der Waals surface area contributed by atoms with Crippen molar-refractivity contribution in [1.82, 2.24) is 20.2 Å². The van der Waals surface area contributed by atoms with Gasteiger partial charge in [0.2, 0.25) is 0 Å². The predicted octanol–water partition coefficient (Wildman–Crippen LogP) is 5.43. The summed E-state index contributed by atoms with van der Waals surface area (Å²) in [6.07, 6.45) is 6.63. The number of hydrogen-bond acceptors (Lipinski definition) is 6. The summed E-state index contributed by atoms with van der Waals surface area (Å²) >= 11 is 12.6. The highest BCUT2D eigenvalue weighted by molar-refractivity contribution is 6.35. The molecule has 5 rings (SSSR count). The Morgan fingerprint density at radius 3 is 2.73 bits per heavy atom.